The second kappa shape index (κ2) is 9.85. The van der Waals surface area contributed by atoms with Crippen LogP contribution in [0.1, 0.15) is 42.0 Å². The monoisotopic (exact) mass is 334 g/mol. The van der Waals surface area contributed by atoms with Gasteiger partial charge in [0.15, 0.2) is 5.69 Å². The van der Waals surface area contributed by atoms with Crippen LogP contribution in [0.5, 0.6) is 0 Å². The first kappa shape index (κ1) is 21.8. The van der Waals surface area contributed by atoms with Gasteiger partial charge in [-0.25, -0.2) is 14.8 Å². The summed E-state index contributed by atoms with van der Waals surface area (Å²) in [5.74, 6) is 0.272. The fraction of sp³-hybridized carbons (Fsp3) is 0.444. The van der Waals surface area contributed by atoms with Gasteiger partial charge in [-0.2, -0.15) is 5.48 Å². The molecule has 0 atom stereocenters. The third-order valence-electron chi connectivity index (χ3n) is 2.81. The van der Waals surface area contributed by atoms with Crippen molar-refractivity contribution in [2.24, 2.45) is 0 Å². The highest BCUT2D eigenvalue weighted by Crippen LogP contribution is 2.27. The van der Waals surface area contributed by atoms with Gasteiger partial charge in [-0.15, -0.1) is 0 Å². The molecule has 1 aromatic carbocycles. The predicted octanol–water partition coefficient (Wildman–Crippen LogP) is 3.35. The summed E-state index contributed by atoms with van der Waals surface area (Å²) in [4.78, 5) is 13.2. The van der Waals surface area contributed by atoms with Gasteiger partial charge in [0.2, 0.25) is 5.95 Å². The summed E-state index contributed by atoms with van der Waals surface area (Å²) in [5.41, 5.74) is 11.1. The van der Waals surface area contributed by atoms with Crippen LogP contribution in [0.3, 0.4) is 0 Å². The third kappa shape index (κ3) is 6.52. The number of nitrogens with zero attached hydrogens (tertiary/aromatic N) is 2. The minimum atomic E-state index is -0.0256. The van der Waals surface area contributed by atoms with Crippen LogP contribution >= 0.6 is 0 Å². The number of hydrogen-bond donors (Lipinski definition) is 3. The molecule has 0 amide bonds. The number of aromatic nitrogens is 2. The fourth-order valence-corrected chi connectivity index (χ4v) is 1.97. The van der Waals surface area contributed by atoms with E-state index in [-0.39, 0.29) is 18.9 Å². The molecule has 0 saturated carbocycles. The highest BCUT2D eigenvalue weighted by Gasteiger charge is 2.15. The van der Waals surface area contributed by atoms with Gasteiger partial charge in [0.1, 0.15) is 0 Å². The van der Waals surface area contributed by atoms with E-state index in [0.717, 1.165) is 22.5 Å². The highest BCUT2D eigenvalue weighted by molar-refractivity contribution is 5.72. The lowest BCUT2D eigenvalue weighted by molar-refractivity contribution is -0.829. The van der Waals surface area contributed by atoms with Crippen molar-refractivity contribution >= 4 is 17.3 Å². The van der Waals surface area contributed by atoms with E-state index in [1.807, 2.05) is 32.0 Å². The summed E-state index contributed by atoms with van der Waals surface area (Å²) in [6.07, 6.45) is 3.43. The van der Waals surface area contributed by atoms with Crippen LogP contribution in [0, 0.1) is 0 Å². The van der Waals surface area contributed by atoms with Crippen LogP contribution in [-0.2, 0) is 4.84 Å². The Balaban J connectivity index is 0.00000170. The molecule has 134 valence electrons. The van der Waals surface area contributed by atoms with Gasteiger partial charge in [0.05, 0.1) is 12.8 Å². The number of benzene rings is 1. The molecular weight excluding hydrogens is 302 g/mol. The van der Waals surface area contributed by atoms with E-state index in [0.29, 0.717) is 0 Å². The topological polar surface area (TPSA) is 89.7 Å². The molecule has 0 saturated heterocycles. The standard InChI is InChI=1S/C15H21N5O.C2H6.CH4/c1-15(2,3)19-12-6-5-10(7-13(12)20-21-4)11-8-17-14(16)18-9-11;1-2;/h5-9,19-20H,1-4H3,(H2,16,17,18);1-2H3;1H4/p+1. The largest absolute Gasteiger partial charge is 0.376 e. The molecule has 2 rings (SSSR count). The molecule has 0 aliphatic rings. The minimum absolute atomic E-state index is 0. The molecule has 0 aliphatic carbocycles. The molecule has 0 fully saturated rings. The van der Waals surface area contributed by atoms with Gasteiger partial charge in [0, 0.05) is 29.6 Å². The number of anilines is 2. The van der Waals surface area contributed by atoms with Gasteiger partial charge < -0.3 is 11.1 Å². The maximum atomic E-state index is 5.52. The number of quaternary nitrogens is 1. The first-order valence-electron chi connectivity index (χ1n) is 7.75. The zero-order valence-corrected chi connectivity index (χ0v) is 14.8. The van der Waals surface area contributed by atoms with Crippen molar-refractivity contribution < 1.29 is 10.3 Å². The van der Waals surface area contributed by atoms with Crippen molar-refractivity contribution in [3.63, 3.8) is 0 Å². The van der Waals surface area contributed by atoms with Crippen LogP contribution in [0.25, 0.3) is 11.1 Å². The maximum Gasteiger partial charge on any atom is 0.219 e. The third-order valence-corrected chi connectivity index (χ3v) is 2.81. The summed E-state index contributed by atoms with van der Waals surface area (Å²) in [5, 5.41) is 3.46. The van der Waals surface area contributed by atoms with Crippen molar-refractivity contribution in [3.8, 4) is 11.1 Å². The lowest BCUT2D eigenvalue weighted by atomic mass is 10.0. The molecule has 0 aliphatic heterocycles. The average molecular weight is 334 g/mol. The van der Waals surface area contributed by atoms with E-state index in [2.05, 4.69) is 36.1 Å². The van der Waals surface area contributed by atoms with Crippen molar-refractivity contribution in [2.45, 2.75) is 47.6 Å². The Morgan fingerprint density at radius 2 is 1.67 bits per heavy atom. The molecule has 6 heteroatoms. The van der Waals surface area contributed by atoms with E-state index < -0.39 is 0 Å². The number of hydrogen-bond acceptors (Lipinski definition) is 5. The summed E-state index contributed by atoms with van der Waals surface area (Å²) in [7, 11) is 1.64. The second-order valence-corrected chi connectivity index (χ2v) is 5.86. The van der Waals surface area contributed by atoms with Gasteiger partial charge in [0.25, 0.3) is 0 Å². The highest BCUT2D eigenvalue weighted by atomic mass is 16.6. The smallest absolute Gasteiger partial charge is 0.219 e. The van der Waals surface area contributed by atoms with Gasteiger partial charge in [-0.3, -0.25) is 0 Å². The van der Waals surface area contributed by atoms with E-state index in [1.165, 1.54) is 0 Å². The van der Waals surface area contributed by atoms with E-state index in [4.69, 9.17) is 10.6 Å². The zero-order chi connectivity index (χ0) is 17.5. The van der Waals surface area contributed by atoms with E-state index in [1.54, 1.807) is 25.0 Å². The number of nitrogens with one attached hydrogen (secondary N) is 1. The molecule has 24 heavy (non-hydrogen) atoms. The van der Waals surface area contributed by atoms with Crippen LogP contribution in [0.4, 0.5) is 17.3 Å². The van der Waals surface area contributed by atoms with Crippen LogP contribution in [-0.4, -0.2) is 22.6 Å². The molecule has 0 radical (unpaired) electrons. The van der Waals surface area contributed by atoms with Gasteiger partial charge in [-0.1, -0.05) is 27.3 Å². The molecule has 0 unspecified atom stereocenters. The SMILES string of the molecule is C.CC.CO[NH2+]c1cc(-c2cnc(N)nc2)ccc1NC(C)(C)C. The predicted molar refractivity (Wildman–Crippen MR) is 102 cm³/mol. The average Bonchev–Trinajstić information content (AvgIpc) is 2.51. The van der Waals surface area contributed by atoms with Crippen LogP contribution < -0.4 is 16.5 Å². The van der Waals surface area contributed by atoms with Crippen LogP contribution in [0.15, 0.2) is 30.6 Å². The Hall–Kier alpha value is -2.18. The fourth-order valence-electron chi connectivity index (χ4n) is 1.97. The number of nitrogen functional groups attached to an aromatic ring is 1. The summed E-state index contributed by atoms with van der Waals surface area (Å²) in [6, 6.07) is 6.09. The summed E-state index contributed by atoms with van der Waals surface area (Å²) in [6.45, 7) is 10.3. The molecule has 5 N–H and O–H groups in total. The number of rotatable bonds is 4. The van der Waals surface area contributed by atoms with Crippen molar-refractivity contribution in [2.75, 3.05) is 18.2 Å². The van der Waals surface area contributed by atoms with Crippen molar-refractivity contribution in [3.05, 3.63) is 30.6 Å². The summed E-state index contributed by atoms with van der Waals surface area (Å²) < 4.78 is 0. The second-order valence-electron chi connectivity index (χ2n) is 5.86. The summed E-state index contributed by atoms with van der Waals surface area (Å²) >= 11 is 0. The van der Waals surface area contributed by atoms with Gasteiger partial charge >= 0.3 is 0 Å². The molecule has 6 nitrogen and oxygen atoms in total. The van der Waals surface area contributed by atoms with E-state index in [9.17, 15) is 0 Å². The molecule has 1 heterocycles. The Kier molecular flexibility index (Phi) is 8.95. The quantitative estimate of drug-likeness (QED) is 0.589. The maximum absolute atomic E-state index is 5.52. The molecule has 1 aromatic heterocycles. The Morgan fingerprint density at radius 3 is 2.17 bits per heavy atom. The Bertz CT molecular complexity index is 606. The van der Waals surface area contributed by atoms with Crippen LogP contribution in [0.2, 0.25) is 0 Å². The Labute approximate surface area is 145 Å². The Morgan fingerprint density at radius 1 is 1.08 bits per heavy atom. The first-order chi connectivity index (χ1) is 10.9. The molecule has 2 aromatic rings. The number of nitrogens with two attached hydrogens (primary N) is 2. The normalized spacial score (nSPS) is 10.2. The molecule has 0 bridgehead atoms. The van der Waals surface area contributed by atoms with Gasteiger partial charge in [-0.05, 0) is 32.4 Å². The van der Waals surface area contributed by atoms with Crippen molar-refractivity contribution in [1.82, 2.24) is 9.97 Å². The minimum Gasteiger partial charge on any atom is -0.376 e. The molecular formula is C18H32N5O+. The lowest BCUT2D eigenvalue weighted by Crippen LogP contribution is -2.76. The first-order valence-corrected chi connectivity index (χ1v) is 7.75. The van der Waals surface area contributed by atoms with E-state index >= 15 is 0 Å². The zero-order valence-electron chi connectivity index (χ0n) is 14.8. The lowest BCUT2D eigenvalue weighted by Gasteiger charge is -2.23. The van der Waals surface area contributed by atoms with Crippen molar-refractivity contribution in [1.29, 1.82) is 0 Å². The molecule has 0 spiro atoms.